The van der Waals surface area contributed by atoms with Crippen LogP contribution in [0.5, 0.6) is 0 Å². The maximum Gasteiger partial charge on any atom is 0.181 e. The zero-order chi connectivity index (χ0) is 17.3. The molecular formula is C20H24N2O2S. The molecule has 1 atom stereocenters. The van der Waals surface area contributed by atoms with Gasteiger partial charge in [-0.05, 0) is 54.5 Å². The maximum atomic E-state index is 12.8. The van der Waals surface area contributed by atoms with Crippen LogP contribution in [0.15, 0.2) is 65.5 Å². The molecule has 0 bridgehead atoms. The van der Waals surface area contributed by atoms with Crippen LogP contribution in [-0.4, -0.2) is 24.6 Å². The number of fused-ring (bicyclic) bond motifs is 1. The third-order valence-electron chi connectivity index (χ3n) is 5.30. The smallest absolute Gasteiger partial charge is 0.181 e. The minimum atomic E-state index is -3.18. The lowest BCUT2D eigenvalue weighted by atomic mass is 10.0. The van der Waals surface area contributed by atoms with E-state index in [0.29, 0.717) is 10.9 Å². The fraction of sp³-hybridized carbons (Fsp3) is 0.400. The normalized spacial score (nSPS) is 23.3. The van der Waals surface area contributed by atoms with Crippen molar-refractivity contribution >= 4 is 9.84 Å². The number of nitrogens with zero attached hydrogens (tertiary/aromatic N) is 1. The molecule has 0 spiro atoms. The minimum absolute atomic E-state index is 0.194. The molecule has 4 rings (SSSR count). The van der Waals surface area contributed by atoms with Crippen molar-refractivity contribution in [2.45, 2.75) is 54.8 Å². The Labute approximate surface area is 149 Å². The van der Waals surface area contributed by atoms with Crippen molar-refractivity contribution in [3.8, 4) is 0 Å². The van der Waals surface area contributed by atoms with E-state index in [1.807, 2.05) is 18.3 Å². The number of hydrogen-bond acceptors (Lipinski definition) is 4. The summed E-state index contributed by atoms with van der Waals surface area (Å²) in [6.07, 6.45) is 15.2. The molecule has 1 aromatic rings. The molecule has 1 N–H and O–H groups in total. The van der Waals surface area contributed by atoms with Crippen LogP contribution in [0, 0.1) is 0 Å². The van der Waals surface area contributed by atoms with Gasteiger partial charge in [0.2, 0.25) is 0 Å². The van der Waals surface area contributed by atoms with Crippen LogP contribution in [0.3, 0.4) is 0 Å². The van der Waals surface area contributed by atoms with Gasteiger partial charge in [-0.2, -0.15) is 0 Å². The van der Waals surface area contributed by atoms with E-state index in [2.05, 4.69) is 34.8 Å². The van der Waals surface area contributed by atoms with Gasteiger partial charge in [-0.25, -0.2) is 8.42 Å². The molecule has 0 radical (unpaired) electrons. The molecule has 2 heterocycles. The highest BCUT2D eigenvalue weighted by Crippen LogP contribution is 2.29. The van der Waals surface area contributed by atoms with E-state index >= 15 is 0 Å². The largest absolute Gasteiger partial charge is 0.380 e. The van der Waals surface area contributed by atoms with E-state index in [9.17, 15) is 8.42 Å². The van der Waals surface area contributed by atoms with Gasteiger partial charge in [-0.15, -0.1) is 0 Å². The monoisotopic (exact) mass is 356 g/mol. The predicted molar refractivity (Wildman–Crippen MR) is 99.3 cm³/mol. The van der Waals surface area contributed by atoms with Crippen LogP contribution in [0.25, 0.3) is 0 Å². The zero-order valence-corrected chi connectivity index (χ0v) is 15.1. The molecule has 4 nitrogen and oxygen atoms in total. The number of nitrogens with one attached hydrogen (secondary N) is 1. The molecule has 1 fully saturated rings. The molecule has 0 amide bonds. The second-order valence-electron chi connectivity index (χ2n) is 7.07. The Morgan fingerprint density at radius 3 is 2.60 bits per heavy atom. The first kappa shape index (κ1) is 16.5. The highest BCUT2D eigenvalue weighted by Gasteiger charge is 2.28. The number of hydrogen-bond donors (Lipinski definition) is 1. The summed E-state index contributed by atoms with van der Waals surface area (Å²) in [6.45, 7) is 0.740. The van der Waals surface area contributed by atoms with Gasteiger partial charge in [-0.3, -0.25) is 0 Å². The molecule has 1 aromatic carbocycles. The van der Waals surface area contributed by atoms with Crippen LogP contribution in [0.2, 0.25) is 0 Å². The van der Waals surface area contributed by atoms with Crippen LogP contribution in [-0.2, 0) is 16.4 Å². The lowest BCUT2D eigenvalue weighted by Gasteiger charge is -2.24. The molecule has 1 unspecified atom stereocenters. The minimum Gasteiger partial charge on any atom is -0.380 e. The van der Waals surface area contributed by atoms with Crippen molar-refractivity contribution in [3.05, 3.63) is 66.2 Å². The van der Waals surface area contributed by atoms with Gasteiger partial charge >= 0.3 is 0 Å². The van der Waals surface area contributed by atoms with Gasteiger partial charge < -0.3 is 10.2 Å². The van der Waals surface area contributed by atoms with E-state index < -0.39 is 9.84 Å². The molecule has 5 heteroatoms. The van der Waals surface area contributed by atoms with Crippen LogP contribution in [0.1, 0.15) is 37.7 Å². The Morgan fingerprint density at radius 2 is 1.84 bits per heavy atom. The fourth-order valence-corrected chi connectivity index (χ4v) is 5.68. The SMILES string of the molecule is O=S(=O)(c1ccc(CN2C=CC3NC=CC3=C2)cc1)C1CCCCC1. The lowest BCUT2D eigenvalue weighted by molar-refractivity contribution is 0.481. The average molecular weight is 356 g/mol. The van der Waals surface area contributed by atoms with Crippen molar-refractivity contribution in [1.82, 2.24) is 10.2 Å². The molecule has 132 valence electrons. The first-order valence-electron chi connectivity index (χ1n) is 9.04. The Bertz CT molecular complexity index is 816. The van der Waals surface area contributed by atoms with Gasteiger partial charge in [0.25, 0.3) is 0 Å². The number of sulfone groups is 1. The summed E-state index contributed by atoms with van der Waals surface area (Å²) >= 11 is 0. The van der Waals surface area contributed by atoms with Gasteiger partial charge in [0.15, 0.2) is 9.84 Å². The van der Waals surface area contributed by atoms with E-state index in [0.717, 1.165) is 44.2 Å². The molecule has 1 saturated carbocycles. The van der Waals surface area contributed by atoms with E-state index in [1.165, 1.54) is 5.57 Å². The lowest BCUT2D eigenvalue weighted by Crippen LogP contribution is -2.25. The molecule has 0 saturated heterocycles. The summed E-state index contributed by atoms with van der Waals surface area (Å²) in [6, 6.07) is 7.73. The van der Waals surface area contributed by atoms with Crippen LogP contribution >= 0.6 is 0 Å². The Hall–Kier alpha value is -2.01. The van der Waals surface area contributed by atoms with Gasteiger partial charge in [-0.1, -0.05) is 31.4 Å². The molecule has 25 heavy (non-hydrogen) atoms. The molecule has 1 aliphatic carbocycles. The summed E-state index contributed by atoms with van der Waals surface area (Å²) < 4.78 is 25.5. The van der Waals surface area contributed by atoms with Crippen LogP contribution < -0.4 is 5.32 Å². The molecular weight excluding hydrogens is 332 g/mol. The third kappa shape index (κ3) is 3.38. The van der Waals surface area contributed by atoms with Gasteiger partial charge in [0.1, 0.15) is 0 Å². The van der Waals surface area contributed by atoms with Crippen molar-refractivity contribution < 1.29 is 8.42 Å². The topological polar surface area (TPSA) is 49.4 Å². The van der Waals surface area contributed by atoms with Crippen molar-refractivity contribution in [2.75, 3.05) is 0 Å². The van der Waals surface area contributed by atoms with Crippen molar-refractivity contribution in [1.29, 1.82) is 0 Å². The predicted octanol–water partition coefficient (Wildman–Crippen LogP) is 3.49. The van der Waals surface area contributed by atoms with Crippen molar-refractivity contribution in [3.63, 3.8) is 0 Å². The summed E-state index contributed by atoms with van der Waals surface area (Å²) in [4.78, 5) is 2.60. The Kier molecular flexibility index (Phi) is 4.42. The maximum absolute atomic E-state index is 12.8. The average Bonchev–Trinajstić information content (AvgIpc) is 3.11. The Morgan fingerprint density at radius 1 is 1.08 bits per heavy atom. The fourth-order valence-electron chi connectivity index (χ4n) is 3.83. The zero-order valence-electron chi connectivity index (χ0n) is 14.3. The van der Waals surface area contributed by atoms with Crippen molar-refractivity contribution in [2.24, 2.45) is 0 Å². The Balaban J connectivity index is 1.46. The standard InChI is InChI=1S/C20H24N2O2S/c23-25(24,18-4-2-1-3-5-18)19-8-6-16(7-9-19)14-22-13-11-20-17(15-22)10-12-21-20/h6-13,15,18,20-21H,1-5,14H2. The van der Waals surface area contributed by atoms with Gasteiger partial charge in [0.05, 0.1) is 16.2 Å². The first-order valence-corrected chi connectivity index (χ1v) is 10.6. The van der Waals surface area contributed by atoms with Gasteiger partial charge in [0, 0.05) is 18.9 Å². The third-order valence-corrected chi connectivity index (χ3v) is 7.58. The summed E-state index contributed by atoms with van der Waals surface area (Å²) in [5.74, 6) is 0. The summed E-state index contributed by atoms with van der Waals surface area (Å²) in [5, 5.41) is 3.08. The van der Waals surface area contributed by atoms with E-state index in [1.54, 1.807) is 12.1 Å². The second-order valence-corrected chi connectivity index (χ2v) is 9.30. The highest BCUT2D eigenvalue weighted by atomic mass is 32.2. The first-order chi connectivity index (χ1) is 12.1. The number of rotatable bonds is 4. The van der Waals surface area contributed by atoms with E-state index in [4.69, 9.17) is 0 Å². The van der Waals surface area contributed by atoms with Crippen LogP contribution in [0.4, 0.5) is 0 Å². The summed E-state index contributed by atoms with van der Waals surface area (Å²) in [7, 11) is -3.18. The summed E-state index contributed by atoms with van der Waals surface area (Å²) in [5.41, 5.74) is 2.36. The van der Waals surface area contributed by atoms with E-state index in [-0.39, 0.29) is 5.25 Å². The quantitative estimate of drug-likeness (QED) is 0.897. The second kappa shape index (κ2) is 6.71. The number of benzene rings is 1. The molecule has 3 aliphatic rings. The highest BCUT2D eigenvalue weighted by molar-refractivity contribution is 7.92. The molecule has 2 aliphatic heterocycles. The molecule has 0 aromatic heterocycles.